The van der Waals surface area contributed by atoms with Crippen molar-refractivity contribution >= 4 is 37.3 Å². The van der Waals surface area contributed by atoms with Gasteiger partial charge in [-0.3, -0.25) is 0 Å². The fourth-order valence-electron chi connectivity index (χ4n) is 2.03. The predicted octanol–water partition coefficient (Wildman–Crippen LogP) is 2.14. The van der Waals surface area contributed by atoms with Crippen molar-refractivity contribution in [1.29, 1.82) is 0 Å². The van der Waals surface area contributed by atoms with Gasteiger partial charge in [0.05, 0.1) is 0 Å². The minimum atomic E-state index is -0.640. The topological polar surface area (TPSA) is 78.9 Å². The fraction of sp³-hybridized carbons (Fsp3) is 0.211. The fourth-order valence-corrected chi connectivity index (χ4v) is 3.61. The summed E-state index contributed by atoms with van der Waals surface area (Å²) in [5.74, 6) is -1.48. The van der Waals surface area contributed by atoms with Gasteiger partial charge < -0.3 is 0 Å². The number of ether oxygens (including phenoxy) is 3. The Morgan fingerprint density at radius 1 is 0.923 bits per heavy atom. The van der Waals surface area contributed by atoms with E-state index in [1.165, 1.54) is 36.5 Å². The van der Waals surface area contributed by atoms with Crippen molar-refractivity contribution in [2.45, 2.75) is 19.2 Å². The van der Waals surface area contributed by atoms with Crippen molar-refractivity contribution in [3.05, 3.63) is 54.1 Å². The molecule has 26 heavy (non-hydrogen) atoms. The van der Waals surface area contributed by atoms with E-state index < -0.39 is 17.9 Å². The summed E-state index contributed by atoms with van der Waals surface area (Å²) in [7, 11) is 0. The van der Waals surface area contributed by atoms with Crippen molar-refractivity contribution in [1.82, 2.24) is 0 Å². The first kappa shape index (κ1) is 19.7. The summed E-state index contributed by atoms with van der Waals surface area (Å²) < 4.78 is 16.5. The Morgan fingerprint density at radius 2 is 1.62 bits per heavy atom. The summed E-state index contributed by atoms with van der Waals surface area (Å²) in [6.45, 7) is 2.73. The van der Waals surface area contributed by atoms with E-state index in [-0.39, 0.29) is 38.6 Å². The van der Waals surface area contributed by atoms with Crippen molar-refractivity contribution in [3.63, 3.8) is 0 Å². The third kappa shape index (κ3) is 6.35. The third-order valence-electron chi connectivity index (χ3n) is 3.01. The van der Waals surface area contributed by atoms with Crippen LogP contribution in [0.2, 0.25) is 5.32 Å². The van der Waals surface area contributed by atoms with Gasteiger partial charge in [0.25, 0.3) is 0 Å². The SMILES string of the molecule is CC(=O)Oc1ccc(OC(C)=O)c(C(=O)OCC[Se]c2ccccc2)c1. The minimum absolute atomic E-state index is 0.0335. The summed E-state index contributed by atoms with van der Waals surface area (Å²) >= 11 is 0.194. The second kappa shape index (κ2) is 9.75. The Labute approximate surface area is 157 Å². The van der Waals surface area contributed by atoms with Crippen LogP contribution in [0.5, 0.6) is 11.5 Å². The van der Waals surface area contributed by atoms with Gasteiger partial charge in [0.15, 0.2) is 0 Å². The average Bonchev–Trinajstić information content (AvgIpc) is 2.60. The molecule has 0 aliphatic carbocycles. The standard InChI is InChI=1S/C19H18O6Se/c1-13(20)24-15-8-9-18(25-14(2)21)17(12-15)19(22)23-10-11-26-16-6-4-3-5-7-16/h3-9,12H,10-11H2,1-2H3. The van der Waals surface area contributed by atoms with E-state index in [1.54, 1.807) is 0 Å². The molecule has 6 nitrogen and oxygen atoms in total. The predicted molar refractivity (Wildman–Crippen MR) is 96.0 cm³/mol. The van der Waals surface area contributed by atoms with Crippen LogP contribution in [0.25, 0.3) is 0 Å². The van der Waals surface area contributed by atoms with E-state index >= 15 is 0 Å². The van der Waals surface area contributed by atoms with Gasteiger partial charge >= 0.3 is 157 Å². The van der Waals surface area contributed by atoms with Gasteiger partial charge in [0, 0.05) is 0 Å². The van der Waals surface area contributed by atoms with Crippen molar-refractivity contribution < 1.29 is 28.6 Å². The molecular formula is C19H18O6Se. The first-order valence-electron chi connectivity index (χ1n) is 7.81. The van der Waals surface area contributed by atoms with Gasteiger partial charge in [-0.2, -0.15) is 0 Å². The molecule has 2 aromatic carbocycles. The van der Waals surface area contributed by atoms with Gasteiger partial charge in [0.2, 0.25) is 0 Å². The Balaban J connectivity index is 2.02. The molecular weight excluding hydrogens is 403 g/mol. The van der Waals surface area contributed by atoms with Gasteiger partial charge in [-0.1, -0.05) is 0 Å². The van der Waals surface area contributed by atoms with Crippen LogP contribution >= 0.6 is 0 Å². The maximum absolute atomic E-state index is 12.3. The van der Waals surface area contributed by atoms with Gasteiger partial charge in [-0.15, -0.1) is 0 Å². The van der Waals surface area contributed by atoms with Crippen molar-refractivity contribution in [3.8, 4) is 11.5 Å². The van der Waals surface area contributed by atoms with Gasteiger partial charge in [-0.05, 0) is 0 Å². The van der Waals surface area contributed by atoms with Crippen LogP contribution in [0.4, 0.5) is 0 Å². The second-order valence-electron chi connectivity index (χ2n) is 5.14. The molecule has 0 N–H and O–H groups in total. The molecule has 0 fully saturated rings. The number of rotatable bonds is 7. The van der Waals surface area contributed by atoms with E-state index in [1.807, 2.05) is 30.3 Å². The second-order valence-corrected chi connectivity index (χ2v) is 7.59. The van der Waals surface area contributed by atoms with E-state index in [4.69, 9.17) is 14.2 Å². The molecule has 2 rings (SSSR count). The van der Waals surface area contributed by atoms with E-state index in [9.17, 15) is 14.4 Å². The van der Waals surface area contributed by atoms with Crippen LogP contribution in [0.1, 0.15) is 24.2 Å². The van der Waals surface area contributed by atoms with E-state index in [0.717, 1.165) is 5.32 Å². The Morgan fingerprint density at radius 3 is 2.27 bits per heavy atom. The molecule has 0 radical (unpaired) electrons. The number of carbonyl (C=O) groups is 3. The maximum atomic E-state index is 12.3. The van der Waals surface area contributed by atoms with Gasteiger partial charge in [0.1, 0.15) is 0 Å². The molecule has 7 heteroatoms. The quantitative estimate of drug-likeness (QED) is 0.295. The first-order chi connectivity index (χ1) is 12.5. The van der Waals surface area contributed by atoms with Crippen LogP contribution in [-0.2, 0) is 14.3 Å². The Hall–Kier alpha value is -2.63. The summed E-state index contributed by atoms with van der Waals surface area (Å²) in [5, 5.41) is 0.718. The molecule has 0 spiro atoms. The van der Waals surface area contributed by atoms with Crippen molar-refractivity contribution in [2.24, 2.45) is 0 Å². The summed E-state index contributed by atoms with van der Waals surface area (Å²) in [6.07, 6.45) is 0. The number of carbonyl (C=O) groups excluding carboxylic acids is 3. The van der Waals surface area contributed by atoms with E-state index in [0.29, 0.717) is 0 Å². The average molecular weight is 421 g/mol. The molecule has 0 unspecified atom stereocenters. The molecule has 0 saturated heterocycles. The zero-order valence-corrected chi connectivity index (χ0v) is 16.1. The molecule has 0 saturated carbocycles. The zero-order chi connectivity index (χ0) is 18.9. The van der Waals surface area contributed by atoms with Crippen LogP contribution in [-0.4, -0.2) is 39.5 Å². The normalized spacial score (nSPS) is 10.1. The molecule has 0 amide bonds. The molecule has 2 aromatic rings. The van der Waals surface area contributed by atoms with Crippen LogP contribution in [0.15, 0.2) is 48.5 Å². The van der Waals surface area contributed by atoms with Crippen LogP contribution in [0.3, 0.4) is 0 Å². The van der Waals surface area contributed by atoms with Crippen LogP contribution < -0.4 is 13.9 Å². The molecule has 0 heterocycles. The van der Waals surface area contributed by atoms with Crippen LogP contribution in [0, 0.1) is 0 Å². The zero-order valence-electron chi connectivity index (χ0n) is 14.4. The Kier molecular flexibility index (Phi) is 7.38. The molecule has 0 aliphatic heterocycles. The summed E-state index contributed by atoms with van der Waals surface area (Å²) in [4.78, 5) is 34.6. The molecule has 0 aliphatic rings. The third-order valence-corrected chi connectivity index (χ3v) is 5.06. The number of esters is 3. The number of benzene rings is 2. The number of hydrogen-bond donors (Lipinski definition) is 0. The molecule has 136 valence electrons. The van der Waals surface area contributed by atoms with Gasteiger partial charge in [-0.25, -0.2) is 0 Å². The summed E-state index contributed by atoms with van der Waals surface area (Å²) in [6, 6.07) is 14.1. The van der Waals surface area contributed by atoms with Crippen molar-refractivity contribution in [2.75, 3.05) is 6.61 Å². The monoisotopic (exact) mass is 422 g/mol. The molecule has 0 aromatic heterocycles. The summed E-state index contributed by atoms with van der Waals surface area (Å²) in [5.41, 5.74) is 0.0335. The molecule has 0 atom stereocenters. The Bertz CT molecular complexity index is 788. The first-order valence-corrected chi connectivity index (χ1v) is 9.88. The number of hydrogen-bond acceptors (Lipinski definition) is 6. The van der Waals surface area contributed by atoms with E-state index in [2.05, 4.69) is 0 Å². The molecule has 0 bridgehead atoms.